The Bertz CT molecular complexity index is 590. The van der Waals surface area contributed by atoms with E-state index >= 15 is 0 Å². The fraction of sp³-hybridized carbons (Fsp3) is 0.182. The van der Waals surface area contributed by atoms with E-state index in [1.807, 2.05) is 37.2 Å². The number of nitrogens with one attached hydrogen (secondary N) is 1. The van der Waals surface area contributed by atoms with Gasteiger partial charge in [-0.15, -0.1) is 10.2 Å². The van der Waals surface area contributed by atoms with Crippen molar-refractivity contribution >= 4 is 33.8 Å². The lowest BCUT2D eigenvalue weighted by atomic mass is 10.2. The van der Waals surface area contributed by atoms with Crippen LogP contribution in [-0.4, -0.2) is 35.2 Å². The normalized spacial score (nSPS) is 10.9. The zero-order chi connectivity index (χ0) is 13.8. The number of halogens is 1. The van der Waals surface area contributed by atoms with E-state index in [0.717, 1.165) is 15.7 Å². The van der Waals surface area contributed by atoms with Crippen molar-refractivity contribution in [1.29, 1.82) is 0 Å². The average molecular weight is 324 g/mol. The van der Waals surface area contributed by atoms with Crippen LogP contribution in [-0.2, 0) is 0 Å². The van der Waals surface area contributed by atoms with Crippen LogP contribution in [0.15, 0.2) is 34.1 Å². The molecule has 3 N–H and O–H groups in total. The highest BCUT2D eigenvalue weighted by atomic mass is 79.9. The number of rotatable bonds is 4. The fourth-order valence-electron chi connectivity index (χ4n) is 1.45. The molecule has 0 saturated heterocycles. The SMILES string of the molecule is CN(C)c1ccc(C=NNc2nncn2N)cc1Br. The Kier molecular flexibility index (Phi) is 4.00. The zero-order valence-corrected chi connectivity index (χ0v) is 12.2. The molecule has 100 valence electrons. The highest BCUT2D eigenvalue weighted by molar-refractivity contribution is 9.10. The molecule has 0 spiro atoms. The molecule has 0 radical (unpaired) electrons. The molecule has 1 heterocycles. The van der Waals surface area contributed by atoms with E-state index in [4.69, 9.17) is 5.84 Å². The smallest absolute Gasteiger partial charge is 0.263 e. The third-order valence-corrected chi connectivity index (χ3v) is 3.04. The van der Waals surface area contributed by atoms with E-state index in [1.54, 1.807) is 6.21 Å². The van der Waals surface area contributed by atoms with Gasteiger partial charge in [0.15, 0.2) is 0 Å². The van der Waals surface area contributed by atoms with Crippen LogP contribution < -0.4 is 16.2 Å². The van der Waals surface area contributed by atoms with Crippen LogP contribution in [0.3, 0.4) is 0 Å². The second-order valence-electron chi connectivity index (χ2n) is 4.04. The van der Waals surface area contributed by atoms with Crippen LogP contribution >= 0.6 is 15.9 Å². The molecule has 2 rings (SSSR count). The molecule has 0 unspecified atom stereocenters. The number of anilines is 2. The number of hydrogen-bond acceptors (Lipinski definition) is 6. The second kappa shape index (κ2) is 5.70. The first-order valence-corrected chi connectivity index (χ1v) is 6.28. The molecule has 1 aromatic heterocycles. The van der Waals surface area contributed by atoms with Gasteiger partial charge in [0.2, 0.25) is 0 Å². The summed E-state index contributed by atoms with van der Waals surface area (Å²) in [5.41, 5.74) is 4.76. The van der Waals surface area contributed by atoms with Crippen molar-refractivity contribution in [3.63, 3.8) is 0 Å². The number of nitrogens with zero attached hydrogens (tertiary/aromatic N) is 5. The standard InChI is InChI=1S/C11H14BrN7/c1-18(2)10-4-3-8(5-9(10)12)6-14-16-11-17-15-7-19(11)13/h3-7H,13H2,1-2H3,(H,16,17). The first-order valence-electron chi connectivity index (χ1n) is 5.49. The Labute approximate surface area is 119 Å². The summed E-state index contributed by atoms with van der Waals surface area (Å²) in [6, 6.07) is 5.96. The number of hydrazone groups is 1. The lowest BCUT2D eigenvalue weighted by molar-refractivity contribution is 0.988. The van der Waals surface area contributed by atoms with Gasteiger partial charge < -0.3 is 10.7 Å². The Hall–Kier alpha value is -2.09. The molecular formula is C11H14BrN7. The van der Waals surface area contributed by atoms with Gasteiger partial charge >= 0.3 is 0 Å². The molecule has 0 aliphatic heterocycles. The second-order valence-corrected chi connectivity index (χ2v) is 4.89. The summed E-state index contributed by atoms with van der Waals surface area (Å²) < 4.78 is 2.26. The Balaban J connectivity index is 2.07. The van der Waals surface area contributed by atoms with Gasteiger partial charge in [-0.25, -0.2) is 10.1 Å². The molecule has 0 amide bonds. The van der Waals surface area contributed by atoms with E-state index in [2.05, 4.69) is 36.7 Å². The lowest BCUT2D eigenvalue weighted by Crippen LogP contribution is -2.10. The number of hydrogen-bond donors (Lipinski definition) is 2. The van der Waals surface area contributed by atoms with Gasteiger partial charge in [0.05, 0.1) is 11.9 Å². The van der Waals surface area contributed by atoms with Crippen LogP contribution in [0, 0.1) is 0 Å². The molecule has 0 bridgehead atoms. The molecule has 0 fully saturated rings. The summed E-state index contributed by atoms with van der Waals surface area (Å²) in [7, 11) is 3.98. The molecule has 0 aliphatic rings. The van der Waals surface area contributed by atoms with Gasteiger partial charge in [0.25, 0.3) is 5.95 Å². The Morgan fingerprint density at radius 3 is 2.84 bits per heavy atom. The van der Waals surface area contributed by atoms with E-state index in [9.17, 15) is 0 Å². The van der Waals surface area contributed by atoms with Crippen LogP contribution in [0.4, 0.5) is 11.6 Å². The maximum absolute atomic E-state index is 5.54. The summed E-state index contributed by atoms with van der Waals surface area (Å²) in [4.78, 5) is 2.03. The summed E-state index contributed by atoms with van der Waals surface area (Å²) in [6.07, 6.45) is 3.07. The van der Waals surface area contributed by atoms with Crippen LogP contribution in [0.5, 0.6) is 0 Å². The summed E-state index contributed by atoms with van der Waals surface area (Å²) in [5, 5.41) is 11.4. The van der Waals surface area contributed by atoms with Crippen molar-refractivity contribution in [2.45, 2.75) is 0 Å². The van der Waals surface area contributed by atoms with Crippen LogP contribution in [0.25, 0.3) is 0 Å². The van der Waals surface area contributed by atoms with Crippen molar-refractivity contribution < 1.29 is 0 Å². The van der Waals surface area contributed by atoms with Gasteiger partial charge in [0, 0.05) is 18.6 Å². The van der Waals surface area contributed by atoms with E-state index in [-0.39, 0.29) is 0 Å². The monoisotopic (exact) mass is 323 g/mol. The molecule has 8 heteroatoms. The van der Waals surface area contributed by atoms with Gasteiger partial charge in [-0.05, 0) is 33.6 Å². The van der Waals surface area contributed by atoms with Crippen LogP contribution in [0.2, 0.25) is 0 Å². The van der Waals surface area contributed by atoms with Crippen molar-refractivity contribution in [2.24, 2.45) is 5.10 Å². The molecule has 0 atom stereocenters. The first-order chi connectivity index (χ1) is 9.08. The van der Waals surface area contributed by atoms with E-state index in [0.29, 0.717) is 5.95 Å². The Morgan fingerprint density at radius 1 is 1.47 bits per heavy atom. The van der Waals surface area contributed by atoms with Crippen molar-refractivity contribution in [3.05, 3.63) is 34.6 Å². The largest absolute Gasteiger partial charge is 0.377 e. The predicted molar refractivity (Wildman–Crippen MR) is 79.9 cm³/mol. The third-order valence-electron chi connectivity index (χ3n) is 2.40. The minimum absolute atomic E-state index is 0.375. The van der Waals surface area contributed by atoms with Crippen molar-refractivity contribution in [3.8, 4) is 0 Å². The van der Waals surface area contributed by atoms with Gasteiger partial charge in [-0.2, -0.15) is 5.10 Å². The summed E-state index contributed by atoms with van der Waals surface area (Å²) in [6.45, 7) is 0. The van der Waals surface area contributed by atoms with Gasteiger partial charge in [0.1, 0.15) is 6.33 Å². The minimum Gasteiger partial charge on any atom is -0.377 e. The van der Waals surface area contributed by atoms with Crippen molar-refractivity contribution in [2.75, 3.05) is 30.3 Å². The third kappa shape index (κ3) is 3.22. The molecule has 1 aromatic carbocycles. The topological polar surface area (TPSA) is 84.4 Å². The highest BCUT2D eigenvalue weighted by Crippen LogP contribution is 2.25. The molecular weight excluding hydrogens is 310 g/mol. The number of aromatic nitrogens is 3. The molecule has 19 heavy (non-hydrogen) atoms. The molecule has 0 saturated carbocycles. The number of benzene rings is 1. The minimum atomic E-state index is 0.375. The lowest BCUT2D eigenvalue weighted by Gasteiger charge is -2.14. The van der Waals surface area contributed by atoms with Crippen molar-refractivity contribution in [1.82, 2.24) is 14.9 Å². The zero-order valence-electron chi connectivity index (χ0n) is 10.6. The van der Waals surface area contributed by atoms with Crippen LogP contribution in [0.1, 0.15) is 5.56 Å². The quantitative estimate of drug-likeness (QED) is 0.503. The number of nitrogen functional groups attached to an aromatic ring is 1. The molecule has 2 aromatic rings. The first kappa shape index (κ1) is 13.3. The maximum Gasteiger partial charge on any atom is 0.263 e. The summed E-state index contributed by atoms with van der Waals surface area (Å²) in [5.74, 6) is 5.91. The molecule has 7 nitrogen and oxygen atoms in total. The van der Waals surface area contributed by atoms with Gasteiger partial charge in [-0.3, -0.25) is 0 Å². The molecule has 0 aliphatic carbocycles. The van der Waals surface area contributed by atoms with E-state index in [1.165, 1.54) is 11.0 Å². The maximum atomic E-state index is 5.54. The fourth-order valence-corrected chi connectivity index (χ4v) is 2.20. The average Bonchev–Trinajstić information content (AvgIpc) is 2.75. The van der Waals surface area contributed by atoms with Gasteiger partial charge in [-0.1, -0.05) is 6.07 Å². The Morgan fingerprint density at radius 2 is 2.26 bits per heavy atom. The van der Waals surface area contributed by atoms with E-state index < -0.39 is 0 Å². The predicted octanol–water partition coefficient (Wildman–Crippen LogP) is 1.27. The number of nitrogens with two attached hydrogens (primary N) is 1. The highest BCUT2D eigenvalue weighted by Gasteiger charge is 2.02. The summed E-state index contributed by atoms with van der Waals surface area (Å²) >= 11 is 3.52.